The average molecular weight is 375 g/mol. The summed E-state index contributed by atoms with van der Waals surface area (Å²) in [6.45, 7) is 13.4. The van der Waals surface area contributed by atoms with E-state index >= 15 is 0 Å². The lowest BCUT2D eigenvalue weighted by Gasteiger charge is -2.40. The molecule has 5 nitrogen and oxygen atoms in total. The maximum absolute atomic E-state index is 13.3. The minimum Gasteiger partial charge on any atom is -0.338 e. The Balaban J connectivity index is 1.63. The van der Waals surface area contributed by atoms with Crippen LogP contribution in [-0.2, 0) is 11.3 Å². The molecule has 0 aliphatic carbocycles. The Morgan fingerprint density at radius 3 is 2.33 bits per heavy atom. The Kier molecular flexibility index (Phi) is 6.96. The third-order valence-corrected chi connectivity index (χ3v) is 6.69. The summed E-state index contributed by atoms with van der Waals surface area (Å²) in [5.74, 6) is 0.298. The molecule has 0 radical (unpaired) electrons. The molecule has 1 aromatic heterocycles. The minimum atomic E-state index is -0.0212. The van der Waals surface area contributed by atoms with Crippen LogP contribution in [0.2, 0.25) is 0 Å². The lowest BCUT2D eigenvalue weighted by molar-refractivity contribution is -0.139. The molecule has 0 spiro atoms. The summed E-state index contributed by atoms with van der Waals surface area (Å²) in [5, 5.41) is 4.64. The van der Waals surface area contributed by atoms with Crippen molar-refractivity contribution in [2.75, 3.05) is 26.2 Å². The second-order valence-electron chi connectivity index (χ2n) is 8.78. The fraction of sp³-hybridized carbons (Fsp3) is 0.818. The fourth-order valence-corrected chi connectivity index (χ4v) is 4.68. The zero-order valence-electron chi connectivity index (χ0n) is 17.8. The van der Waals surface area contributed by atoms with Gasteiger partial charge in [-0.25, -0.2) is 0 Å². The summed E-state index contributed by atoms with van der Waals surface area (Å²) < 4.78 is 2.03. The van der Waals surface area contributed by atoms with Crippen molar-refractivity contribution in [1.82, 2.24) is 19.6 Å². The lowest BCUT2D eigenvalue weighted by atomic mass is 9.98. The highest BCUT2D eigenvalue weighted by atomic mass is 16.2. The predicted octanol–water partition coefficient (Wildman–Crippen LogP) is 3.70. The van der Waals surface area contributed by atoms with Crippen molar-refractivity contribution in [3.05, 3.63) is 17.0 Å². The number of nitrogens with zero attached hydrogens (tertiary/aromatic N) is 4. The zero-order chi connectivity index (χ0) is 19.4. The molecule has 0 aromatic carbocycles. The molecule has 3 rings (SSSR count). The number of aromatic nitrogens is 2. The van der Waals surface area contributed by atoms with Gasteiger partial charge in [-0.3, -0.25) is 9.48 Å². The second kappa shape index (κ2) is 9.22. The van der Waals surface area contributed by atoms with E-state index in [2.05, 4.69) is 35.7 Å². The SMILES string of the molecule is Cc1nn(CC(C)C(=O)N2CCCCC2CN2CCCCCC2)c(C)c1C. The summed E-state index contributed by atoms with van der Waals surface area (Å²) in [4.78, 5) is 18.1. The van der Waals surface area contributed by atoms with Crippen molar-refractivity contribution in [2.45, 2.75) is 85.2 Å². The molecular formula is C22H38N4O. The van der Waals surface area contributed by atoms with Gasteiger partial charge in [-0.15, -0.1) is 0 Å². The number of carbonyl (C=O) groups excluding carboxylic acids is 1. The highest BCUT2D eigenvalue weighted by Crippen LogP contribution is 2.23. The maximum atomic E-state index is 13.3. The van der Waals surface area contributed by atoms with Crippen LogP contribution in [0.3, 0.4) is 0 Å². The molecule has 1 aromatic rings. The highest BCUT2D eigenvalue weighted by Gasteiger charge is 2.31. The summed E-state index contributed by atoms with van der Waals surface area (Å²) in [5.41, 5.74) is 3.50. The molecule has 1 amide bonds. The van der Waals surface area contributed by atoms with Gasteiger partial charge in [0, 0.05) is 24.8 Å². The van der Waals surface area contributed by atoms with Crippen LogP contribution in [0, 0.1) is 26.7 Å². The van der Waals surface area contributed by atoms with Crippen LogP contribution in [-0.4, -0.2) is 57.7 Å². The van der Waals surface area contributed by atoms with E-state index in [0.717, 1.165) is 31.6 Å². The van der Waals surface area contributed by atoms with E-state index < -0.39 is 0 Å². The van der Waals surface area contributed by atoms with Crippen molar-refractivity contribution < 1.29 is 4.79 Å². The number of likely N-dealkylation sites (tertiary alicyclic amines) is 2. The average Bonchev–Trinajstić information content (AvgIpc) is 2.86. The van der Waals surface area contributed by atoms with E-state index in [4.69, 9.17) is 0 Å². The van der Waals surface area contributed by atoms with Gasteiger partial charge in [0.1, 0.15) is 0 Å². The van der Waals surface area contributed by atoms with Gasteiger partial charge in [-0.2, -0.15) is 5.10 Å². The van der Waals surface area contributed by atoms with E-state index in [1.165, 1.54) is 56.5 Å². The van der Waals surface area contributed by atoms with E-state index in [0.29, 0.717) is 18.5 Å². The quantitative estimate of drug-likeness (QED) is 0.789. The predicted molar refractivity (Wildman–Crippen MR) is 110 cm³/mol. The van der Waals surface area contributed by atoms with Crippen LogP contribution in [0.5, 0.6) is 0 Å². The standard InChI is InChI=1S/C22H38N4O/c1-17(15-26-20(4)18(2)19(3)23-26)22(27)25-14-10-7-11-21(25)16-24-12-8-5-6-9-13-24/h17,21H,5-16H2,1-4H3. The van der Waals surface area contributed by atoms with Gasteiger partial charge in [-0.1, -0.05) is 19.8 Å². The Morgan fingerprint density at radius 2 is 1.70 bits per heavy atom. The smallest absolute Gasteiger partial charge is 0.227 e. The molecular weight excluding hydrogens is 336 g/mol. The largest absolute Gasteiger partial charge is 0.338 e. The van der Waals surface area contributed by atoms with E-state index in [1.807, 2.05) is 11.6 Å². The van der Waals surface area contributed by atoms with Crippen LogP contribution >= 0.6 is 0 Å². The monoisotopic (exact) mass is 374 g/mol. The molecule has 2 atom stereocenters. The summed E-state index contributed by atoms with van der Waals surface area (Å²) in [6, 6.07) is 0.397. The van der Waals surface area contributed by atoms with Gasteiger partial charge in [0.25, 0.3) is 0 Å². The van der Waals surface area contributed by atoms with Crippen molar-refractivity contribution in [3.63, 3.8) is 0 Å². The maximum Gasteiger partial charge on any atom is 0.227 e. The third kappa shape index (κ3) is 4.92. The summed E-state index contributed by atoms with van der Waals surface area (Å²) in [7, 11) is 0. The number of hydrogen-bond donors (Lipinski definition) is 0. The molecule has 2 fully saturated rings. The van der Waals surface area contributed by atoms with E-state index in [-0.39, 0.29) is 5.92 Å². The Bertz CT molecular complexity index is 631. The molecule has 3 heterocycles. The van der Waals surface area contributed by atoms with Gasteiger partial charge in [0.05, 0.1) is 18.2 Å². The first-order valence-electron chi connectivity index (χ1n) is 11.0. The Labute approximate surface area is 165 Å². The number of carbonyl (C=O) groups is 1. The number of aryl methyl sites for hydroxylation is 1. The molecule has 2 aliphatic rings. The second-order valence-corrected chi connectivity index (χ2v) is 8.78. The molecule has 0 saturated carbocycles. The van der Waals surface area contributed by atoms with Crippen LogP contribution < -0.4 is 0 Å². The first-order chi connectivity index (χ1) is 13.0. The molecule has 2 saturated heterocycles. The minimum absolute atomic E-state index is 0.0212. The fourth-order valence-electron chi connectivity index (χ4n) is 4.68. The van der Waals surface area contributed by atoms with Crippen LogP contribution in [0.1, 0.15) is 68.8 Å². The summed E-state index contributed by atoms with van der Waals surface area (Å²) >= 11 is 0. The molecule has 0 N–H and O–H groups in total. The number of rotatable bonds is 5. The first kappa shape index (κ1) is 20.4. The molecule has 152 valence electrons. The van der Waals surface area contributed by atoms with Gasteiger partial charge < -0.3 is 9.80 Å². The van der Waals surface area contributed by atoms with Crippen molar-refractivity contribution in [2.24, 2.45) is 5.92 Å². The molecule has 2 aliphatic heterocycles. The number of piperidine rings is 1. The lowest BCUT2D eigenvalue weighted by Crippen LogP contribution is -2.51. The van der Waals surface area contributed by atoms with Crippen LogP contribution in [0.25, 0.3) is 0 Å². The highest BCUT2D eigenvalue weighted by molar-refractivity contribution is 5.79. The number of hydrogen-bond acceptors (Lipinski definition) is 3. The van der Waals surface area contributed by atoms with Gasteiger partial charge in [-0.05, 0) is 71.5 Å². The number of amides is 1. The van der Waals surface area contributed by atoms with Gasteiger partial charge in [0.2, 0.25) is 5.91 Å². The third-order valence-electron chi connectivity index (χ3n) is 6.69. The molecule has 27 heavy (non-hydrogen) atoms. The van der Waals surface area contributed by atoms with Crippen LogP contribution in [0.4, 0.5) is 0 Å². The van der Waals surface area contributed by atoms with Crippen molar-refractivity contribution >= 4 is 5.91 Å². The van der Waals surface area contributed by atoms with Gasteiger partial charge in [0.15, 0.2) is 0 Å². The topological polar surface area (TPSA) is 41.4 Å². The van der Waals surface area contributed by atoms with E-state index in [9.17, 15) is 4.79 Å². The molecule has 0 bridgehead atoms. The molecule has 2 unspecified atom stereocenters. The Hall–Kier alpha value is -1.36. The zero-order valence-corrected chi connectivity index (χ0v) is 17.8. The van der Waals surface area contributed by atoms with Gasteiger partial charge >= 0.3 is 0 Å². The molecule has 5 heteroatoms. The normalized spacial score (nSPS) is 23.3. The van der Waals surface area contributed by atoms with Crippen molar-refractivity contribution in [1.29, 1.82) is 0 Å². The summed E-state index contributed by atoms with van der Waals surface area (Å²) in [6.07, 6.45) is 8.92. The van der Waals surface area contributed by atoms with Crippen LogP contribution in [0.15, 0.2) is 0 Å². The van der Waals surface area contributed by atoms with E-state index in [1.54, 1.807) is 0 Å². The van der Waals surface area contributed by atoms with Crippen molar-refractivity contribution in [3.8, 4) is 0 Å². The Morgan fingerprint density at radius 1 is 1.04 bits per heavy atom. The first-order valence-corrected chi connectivity index (χ1v) is 11.0.